The standard InChI is InChI=1S/C13H12BrFN2O2S/c14-10-5-9(15)2-1-8(10)6-17-11(18)13(16-12(17)19)3-4-20-7-13/h1-2,5H,3-4,6-7H2,(H,16,19). The number of imide groups is 1. The molecule has 2 heterocycles. The summed E-state index contributed by atoms with van der Waals surface area (Å²) >= 11 is 4.92. The molecular weight excluding hydrogens is 347 g/mol. The maximum atomic E-state index is 13.1. The van der Waals surface area contributed by atoms with Crippen LogP contribution >= 0.6 is 27.7 Å². The SMILES string of the molecule is O=C1NC2(CCSC2)C(=O)N1Cc1ccc(F)cc1Br. The maximum absolute atomic E-state index is 13.1. The number of thioether (sulfide) groups is 1. The number of hydrogen-bond acceptors (Lipinski definition) is 3. The van der Waals surface area contributed by atoms with E-state index in [2.05, 4.69) is 21.2 Å². The Labute approximate surface area is 128 Å². The van der Waals surface area contributed by atoms with E-state index in [0.29, 0.717) is 22.2 Å². The van der Waals surface area contributed by atoms with Gasteiger partial charge in [-0.05, 0) is 29.9 Å². The third kappa shape index (κ3) is 2.22. The van der Waals surface area contributed by atoms with Gasteiger partial charge >= 0.3 is 6.03 Å². The second kappa shape index (κ2) is 5.04. The Kier molecular flexibility index (Phi) is 3.50. The smallest absolute Gasteiger partial charge is 0.322 e. The van der Waals surface area contributed by atoms with Gasteiger partial charge in [0.15, 0.2) is 0 Å². The molecule has 4 nitrogen and oxygen atoms in total. The van der Waals surface area contributed by atoms with Crippen molar-refractivity contribution in [3.63, 3.8) is 0 Å². The van der Waals surface area contributed by atoms with Gasteiger partial charge in [0.25, 0.3) is 5.91 Å². The van der Waals surface area contributed by atoms with Gasteiger partial charge in [0.1, 0.15) is 11.4 Å². The summed E-state index contributed by atoms with van der Waals surface area (Å²) < 4.78 is 13.6. The Morgan fingerprint density at radius 2 is 2.25 bits per heavy atom. The molecule has 0 aliphatic carbocycles. The first-order valence-electron chi connectivity index (χ1n) is 6.18. The molecule has 20 heavy (non-hydrogen) atoms. The summed E-state index contributed by atoms with van der Waals surface area (Å²) in [5.74, 6) is 0.962. The minimum absolute atomic E-state index is 0.151. The molecular formula is C13H12BrFN2O2S. The zero-order valence-corrected chi connectivity index (χ0v) is 12.9. The van der Waals surface area contributed by atoms with Crippen LogP contribution in [0.2, 0.25) is 0 Å². The van der Waals surface area contributed by atoms with Gasteiger partial charge in [-0.1, -0.05) is 22.0 Å². The number of hydrogen-bond donors (Lipinski definition) is 1. The van der Waals surface area contributed by atoms with Gasteiger partial charge in [-0.15, -0.1) is 0 Å². The average Bonchev–Trinajstić information content (AvgIpc) is 2.94. The minimum atomic E-state index is -0.728. The molecule has 0 aromatic heterocycles. The molecule has 106 valence electrons. The topological polar surface area (TPSA) is 49.4 Å². The highest BCUT2D eigenvalue weighted by molar-refractivity contribution is 9.10. The molecule has 0 saturated carbocycles. The number of nitrogens with zero attached hydrogens (tertiary/aromatic N) is 1. The lowest BCUT2D eigenvalue weighted by Gasteiger charge is -2.19. The van der Waals surface area contributed by atoms with E-state index >= 15 is 0 Å². The Bertz CT molecular complexity index is 590. The zero-order chi connectivity index (χ0) is 14.3. The first-order valence-corrected chi connectivity index (χ1v) is 8.12. The van der Waals surface area contributed by atoms with Crippen LogP contribution in [0.15, 0.2) is 22.7 Å². The molecule has 0 radical (unpaired) electrons. The van der Waals surface area contributed by atoms with Crippen molar-refractivity contribution in [1.29, 1.82) is 0 Å². The van der Waals surface area contributed by atoms with Gasteiger partial charge in [-0.2, -0.15) is 11.8 Å². The van der Waals surface area contributed by atoms with Crippen LogP contribution in [0.5, 0.6) is 0 Å². The first-order chi connectivity index (χ1) is 9.52. The summed E-state index contributed by atoms with van der Waals surface area (Å²) in [6, 6.07) is 3.86. The molecule has 2 fully saturated rings. The number of nitrogens with one attached hydrogen (secondary N) is 1. The Morgan fingerprint density at radius 3 is 2.90 bits per heavy atom. The first kappa shape index (κ1) is 13.9. The number of benzene rings is 1. The summed E-state index contributed by atoms with van der Waals surface area (Å²) in [4.78, 5) is 25.7. The van der Waals surface area contributed by atoms with Crippen LogP contribution in [0.3, 0.4) is 0 Å². The molecule has 0 bridgehead atoms. The molecule has 3 rings (SSSR count). The van der Waals surface area contributed by atoms with Crippen molar-refractivity contribution in [2.24, 2.45) is 0 Å². The molecule has 1 spiro atoms. The third-order valence-corrected chi connectivity index (χ3v) is 5.54. The van der Waals surface area contributed by atoms with E-state index in [-0.39, 0.29) is 24.3 Å². The van der Waals surface area contributed by atoms with Crippen molar-refractivity contribution in [2.45, 2.75) is 18.5 Å². The van der Waals surface area contributed by atoms with Crippen LogP contribution in [0.1, 0.15) is 12.0 Å². The molecule has 7 heteroatoms. The quantitative estimate of drug-likeness (QED) is 0.826. The highest BCUT2D eigenvalue weighted by atomic mass is 79.9. The lowest BCUT2D eigenvalue weighted by Crippen LogP contribution is -2.46. The summed E-state index contributed by atoms with van der Waals surface area (Å²) in [6.45, 7) is 0.151. The second-order valence-electron chi connectivity index (χ2n) is 4.94. The van der Waals surface area contributed by atoms with Crippen molar-refractivity contribution in [3.05, 3.63) is 34.1 Å². The minimum Gasteiger partial charge on any atom is -0.322 e. The highest BCUT2D eigenvalue weighted by Gasteiger charge is 2.52. The van der Waals surface area contributed by atoms with Crippen LogP contribution < -0.4 is 5.32 Å². The molecule has 1 atom stereocenters. The van der Waals surface area contributed by atoms with Crippen LogP contribution in [-0.4, -0.2) is 33.9 Å². The molecule has 2 saturated heterocycles. The lowest BCUT2D eigenvalue weighted by molar-refractivity contribution is -0.130. The fourth-order valence-electron chi connectivity index (χ4n) is 2.47. The van der Waals surface area contributed by atoms with E-state index in [4.69, 9.17) is 0 Å². The fraction of sp³-hybridized carbons (Fsp3) is 0.385. The maximum Gasteiger partial charge on any atom is 0.325 e. The number of amides is 3. The molecule has 3 amide bonds. The van der Waals surface area contributed by atoms with Crippen molar-refractivity contribution in [2.75, 3.05) is 11.5 Å². The molecule has 1 aromatic carbocycles. The molecule has 1 N–H and O–H groups in total. The molecule has 1 aromatic rings. The van der Waals surface area contributed by atoms with E-state index in [0.717, 1.165) is 5.75 Å². The predicted molar refractivity (Wildman–Crippen MR) is 77.9 cm³/mol. The fourth-order valence-corrected chi connectivity index (χ4v) is 4.27. The highest BCUT2D eigenvalue weighted by Crippen LogP contribution is 2.34. The van der Waals surface area contributed by atoms with E-state index in [1.54, 1.807) is 17.8 Å². The van der Waals surface area contributed by atoms with Crippen molar-refractivity contribution < 1.29 is 14.0 Å². The summed E-state index contributed by atoms with van der Waals surface area (Å²) in [6.07, 6.45) is 0.670. The van der Waals surface area contributed by atoms with Crippen LogP contribution in [-0.2, 0) is 11.3 Å². The second-order valence-corrected chi connectivity index (χ2v) is 6.90. The van der Waals surface area contributed by atoms with Gasteiger partial charge in [0.2, 0.25) is 0 Å². The number of rotatable bonds is 2. The van der Waals surface area contributed by atoms with E-state index in [9.17, 15) is 14.0 Å². The summed E-state index contributed by atoms with van der Waals surface area (Å²) in [7, 11) is 0. The van der Waals surface area contributed by atoms with E-state index < -0.39 is 5.54 Å². The van der Waals surface area contributed by atoms with Gasteiger partial charge in [0, 0.05) is 10.2 Å². The van der Waals surface area contributed by atoms with Crippen molar-refractivity contribution >= 4 is 39.6 Å². The molecule has 1 unspecified atom stereocenters. The van der Waals surface area contributed by atoms with Crippen molar-refractivity contribution in [1.82, 2.24) is 10.2 Å². The molecule has 2 aliphatic rings. The summed E-state index contributed by atoms with van der Waals surface area (Å²) in [5.41, 5.74) is -0.0218. The van der Waals surface area contributed by atoms with Gasteiger partial charge in [-0.3, -0.25) is 9.69 Å². The molecule has 2 aliphatic heterocycles. The van der Waals surface area contributed by atoms with E-state index in [1.165, 1.54) is 17.0 Å². The van der Waals surface area contributed by atoms with Gasteiger partial charge in [-0.25, -0.2) is 9.18 Å². The Morgan fingerprint density at radius 1 is 1.45 bits per heavy atom. The van der Waals surface area contributed by atoms with Gasteiger partial charge < -0.3 is 5.32 Å². The Hall–Kier alpha value is -1.08. The van der Waals surface area contributed by atoms with Gasteiger partial charge in [0.05, 0.1) is 6.54 Å². The lowest BCUT2D eigenvalue weighted by atomic mass is 9.99. The zero-order valence-electron chi connectivity index (χ0n) is 10.5. The number of urea groups is 1. The predicted octanol–water partition coefficient (Wildman–Crippen LogP) is 2.52. The number of carbonyl (C=O) groups is 2. The van der Waals surface area contributed by atoms with E-state index in [1.807, 2.05) is 0 Å². The number of carbonyl (C=O) groups excluding carboxylic acids is 2. The monoisotopic (exact) mass is 358 g/mol. The van der Waals surface area contributed by atoms with Crippen LogP contribution in [0.25, 0.3) is 0 Å². The third-order valence-electron chi connectivity index (χ3n) is 3.61. The number of halogens is 2. The summed E-state index contributed by atoms with van der Waals surface area (Å²) in [5, 5.41) is 2.81. The Balaban J connectivity index is 1.84. The average molecular weight is 359 g/mol. The van der Waals surface area contributed by atoms with Crippen molar-refractivity contribution in [3.8, 4) is 0 Å². The van der Waals surface area contributed by atoms with Crippen LogP contribution in [0, 0.1) is 5.82 Å². The van der Waals surface area contributed by atoms with Crippen LogP contribution in [0.4, 0.5) is 9.18 Å². The largest absolute Gasteiger partial charge is 0.325 e. The normalized spacial score (nSPS) is 25.6.